The lowest BCUT2D eigenvalue weighted by Crippen LogP contribution is -2.16. The minimum absolute atomic E-state index is 0.132. The van der Waals surface area contributed by atoms with Gasteiger partial charge in [-0.15, -0.1) is 0 Å². The number of nitrogens with one attached hydrogen (secondary N) is 1. The molecule has 0 radical (unpaired) electrons. The van der Waals surface area contributed by atoms with Crippen molar-refractivity contribution in [1.29, 1.82) is 5.26 Å². The van der Waals surface area contributed by atoms with Crippen LogP contribution in [0.5, 0.6) is 0 Å². The fourth-order valence-electron chi connectivity index (χ4n) is 1.62. The first kappa shape index (κ1) is 14.3. The van der Waals surface area contributed by atoms with E-state index < -0.39 is 23.1 Å². The van der Waals surface area contributed by atoms with Gasteiger partial charge in [0, 0.05) is 18.1 Å². The van der Waals surface area contributed by atoms with E-state index in [1.807, 2.05) is 0 Å². The third-order valence-electron chi connectivity index (χ3n) is 2.80. The number of aliphatic hydroxyl groups is 1. The molecular weight excluding hydrogens is 289 g/mol. The molecule has 1 fully saturated rings. The Hall–Kier alpha value is -2.07. The van der Waals surface area contributed by atoms with Gasteiger partial charge >= 0.3 is 0 Å². The number of nitrogens with zero attached hydrogens (tertiary/aromatic N) is 1. The van der Waals surface area contributed by atoms with Crippen LogP contribution in [0.25, 0.3) is 0 Å². The molecule has 2 rings (SSSR count). The highest BCUT2D eigenvalue weighted by molar-refractivity contribution is 7.81. The van der Waals surface area contributed by atoms with Gasteiger partial charge in [-0.3, -0.25) is 0 Å². The van der Waals surface area contributed by atoms with Gasteiger partial charge in [-0.2, -0.15) is 5.26 Å². The van der Waals surface area contributed by atoms with Crippen molar-refractivity contribution in [3.63, 3.8) is 0 Å². The zero-order valence-electron chi connectivity index (χ0n) is 10.1. The normalized spacial score (nSPS) is 15.3. The molecule has 0 atom stereocenters. The number of hydrogen-bond donors (Lipinski definition) is 2. The molecule has 7 heteroatoms. The molecule has 1 saturated carbocycles. The van der Waals surface area contributed by atoms with Crippen LogP contribution >= 0.6 is 12.2 Å². The largest absolute Gasteiger partial charge is 0.511 e. The van der Waals surface area contributed by atoms with Crippen molar-refractivity contribution in [2.45, 2.75) is 12.8 Å². The van der Waals surface area contributed by atoms with Gasteiger partial charge in [0.25, 0.3) is 0 Å². The number of hydrogen-bond acceptors (Lipinski definition) is 3. The maximum absolute atomic E-state index is 13.4. The number of rotatable bonds is 3. The first-order chi connectivity index (χ1) is 9.43. The van der Waals surface area contributed by atoms with Gasteiger partial charge in [0.2, 0.25) is 0 Å². The first-order valence-corrected chi connectivity index (χ1v) is 6.14. The monoisotopic (exact) mass is 298 g/mol. The number of thiocarbonyl (C=S) groups is 1. The molecule has 104 valence electrons. The van der Waals surface area contributed by atoms with Crippen LogP contribution in [0.15, 0.2) is 23.5 Å². The Balaban J connectivity index is 2.28. The van der Waals surface area contributed by atoms with Crippen molar-refractivity contribution in [3.05, 3.63) is 40.9 Å². The fraction of sp³-hybridized carbons (Fsp3) is 0.231. The van der Waals surface area contributed by atoms with Crippen molar-refractivity contribution in [3.8, 4) is 6.07 Å². The minimum atomic E-state index is -1.17. The molecular formula is C13H9F3N2OS. The number of benzene rings is 1. The SMILES string of the molecule is N#CC(C(=S)Nc1c(F)cc(F)cc1F)=C(O)C1CC1. The highest BCUT2D eigenvalue weighted by Gasteiger charge is 2.30. The second kappa shape index (κ2) is 5.51. The molecule has 0 saturated heterocycles. The van der Waals surface area contributed by atoms with E-state index in [-0.39, 0.29) is 22.2 Å². The maximum atomic E-state index is 13.4. The topological polar surface area (TPSA) is 56.0 Å². The molecule has 1 aromatic rings. The van der Waals surface area contributed by atoms with Gasteiger partial charge in [0.1, 0.15) is 33.9 Å². The van der Waals surface area contributed by atoms with Gasteiger partial charge < -0.3 is 10.4 Å². The van der Waals surface area contributed by atoms with Gasteiger partial charge in [-0.25, -0.2) is 13.2 Å². The summed E-state index contributed by atoms with van der Waals surface area (Å²) in [5, 5.41) is 20.9. The van der Waals surface area contributed by atoms with Crippen molar-refractivity contribution in [2.24, 2.45) is 5.92 Å². The van der Waals surface area contributed by atoms with Crippen LogP contribution in [0.1, 0.15) is 12.8 Å². The Labute approximate surface area is 118 Å². The Kier molecular flexibility index (Phi) is 3.95. The highest BCUT2D eigenvalue weighted by Crippen LogP contribution is 2.36. The van der Waals surface area contributed by atoms with E-state index >= 15 is 0 Å². The van der Waals surface area contributed by atoms with E-state index in [9.17, 15) is 18.3 Å². The standard InChI is InChI=1S/C13H9F3N2OS/c14-7-3-9(15)11(10(16)4-7)18-13(20)8(5-17)12(19)6-1-2-6/h3-4,6,19H,1-2H2,(H,18,20). The molecule has 0 unspecified atom stereocenters. The van der Waals surface area contributed by atoms with Crippen LogP contribution in [0.2, 0.25) is 0 Å². The molecule has 1 aromatic carbocycles. The Bertz CT molecular complexity index is 625. The molecule has 0 bridgehead atoms. The summed E-state index contributed by atoms with van der Waals surface area (Å²) in [5.74, 6) is -3.73. The summed E-state index contributed by atoms with van der Waals surface area (Å²) in [7, 11) is 0. The molecule has 20 heavy (non-hydrogen) atoms. The first-order valence-electron chi connectivity index (χ1n) is 5.73. The van der Waals surface area contributed by atoms with Gasteiger partial charge in [0.05, 0.1) is 0 Å². The summed E-state index contributed by atoms with van der Waals surface area (Å²) in [6.45, 7) is 0. The Morgan fingerprint density at radius 2 is 1.85 bits per heavy atom. The van der Waals surface area contributed by atoms with Crippen LogP contribution in [0, 0.1) is 34.7 Å². The molecule has 2 N–H and O–H groups in total. The minimum Gasteiger partial charge on any atom is -0.511 e. The number of anilines is 1. The van der Waals surface area contributed by atoms with E-state index in [1.165, 1.54) is 0 Å². The van der Waals surface area contributed by atoms with E-state index in [0.29, 0.717) is 12.1 Å². The van der Waals surface area contributed by atoms with Crippen LogP contribution in [-0.4, -0.2) is 10.1 Å². The summed E-state index contributed by atoms with van der Waals surface area (Å²) in [5.41, 5.74) is -0.890. The zero-order chi connectivity index (χ0) is 14.9. The molecule has 1 aliphatic rings. The number of aliphatic hydroxyl groups excluding tert-OH is 1. The van der Waals surface area contributed by atoms with Crippen molar-refractivity contribution >= 4 is 22.9 Å². The highest BCUT2D eigenvalue weighted by atomic mass is 32.1. The summed E-state index contributed by atoms with van der Waals surface area (Å²) < 4.78 is 39.7. The maximum Gasteiger partial charge on any atom is 0.152 e. The van der Waals surface area contributed by atoms with Crippen LogP contribution in [0.4, 0.5) is 18.9 Å². The number of allylic oxidation sites excluding steroid dienone is 1. The predicted molar refractivity (Wildman–Crippen MR) is 70.5 cm³/mol. The van der Waals surface area contributed by atoms with Gasteiger partial charge in [-0.1, -0.05) is 12.2 Å². The zero-order valence-corrected chi connectivity index (χ0v) is 10.9. The lowest BCUT2D eigenvalue weighted by atomic mass is 10.1. The fourth-order valence-corrected chi connectivity index (χ4v) is 1.88. The molecule has 1 aliphatic carbocycles. The van der Waals surface area contributed by atoms with Crippen molar-refractivity contribution < 1.29 is 18.3 Å². The molecule has 0 spiro atoms. The quantitative estimate of drug-likeness (QED) is 0.387. The predicted octanol–water partition coefficient (Wildman–Crippen LogP) is 3.59. The molecule has 3 nitrogen and oxygen atoms in total. The Morgan fingerprint density at radius 3 is 2.30 bits per heavy atom. The van der Waals surface area contributed by atoms with Crippen LogP contribution in [0.3, 0.4) is 0 Å². The van der Waals surface area contributed by atoms with E-state index in [2.05, 4.69) is 5.32 Å². The second-order valence-electron chi connectivity index (χ2n) is 4.34. The van der Waals surface area contributed by atoms with Crippen molar-refractivity contribution in [1.82, 2.24) is 0 Å². The van der Waals surface area contributed by atoms with Crippen LogP contribution < -0.4 is 5.32 Å². The smallest absolute Gasteiger partial charge is 0.152 e. The molecule has 0 aliphatic heterocycles. The molecule has 0 aromatic heterocycles. The third-order valence-corrected chi connectivity index (χ3v) is 3.11. The number of halogens is 3. The summed E-state index contributed by atoms with van der Waals surface area (Å²) in [4.78, 5) is -0.304. The Morgan fingerprint density at radius 1 is 1.30 bits per heavy atom. The van der Waals surface area contributed by atoms with Gasteiger partial charge in [-0.05, 0) is 12.8 Å². The summed E-state index contributed by atoms with van der Waals surface area (Å²) in [6.07, 6.45) is 1.47. The molecule has 0 heterocycles. The lowest BCUT2D eigenvalue weighted by molar-refractivity contribution is 0.377. The van der Waals surface area contributed by atoms with Gasteiger partial charge in [0.15, 0.2) is 11.6 Å². The summed E-state index contributed by atoms with van der Waals surface area (Å²) in [6, 6.07) is 2.68. The summed E-state index contributed by atoms with van der Waals surface area (Å²) >= 11 is 4.85. The van der Waals surface area contributed by atoms with E-state index in [1.54, 1.807) is 6.07 Å². The lowest BCUT2D eigenvalue weighted by Gasteiger charge is -2.10. The number of nitriles is 1. The van der Waals surface area contributed by atoms with E-state index in [4.69, 9.17) is 17.5 Å². The van der Waals surface area contributed by atoms with Crippen molar-refractivity contribution in [2.75, 3.05) is 5.32 Å². The molecule has 0 amide bonds. The van der Waals surface area contributed by atoms with E-state index in [0.717, 1.165) is 12.8 Å². The van der Waals surface area contributed by atoms with Crippen LogP contribution in [-0.2, 0) is 0 Å². The second-order valence-corrected chi connectivity index (χ2v) is 4.75. The average molecular weight is 298 g/mol. The third kappa shape index (κ3) is 2.91. The average Bonchev–Trinajstić information content (AvgIpc) is 3.18.